The highest BCUT2D eigenvalue weighted by atomic mass is 32.1. The molecule has 0 saturated heterocycles. The molecular weight excluding hydrogens is 355 g/mol. The van der Waals surface area contributed by atoms with E-state index in [1.165, 1.54) is 36.6 Å². The quantitative estimate of drug-likeness (QED) is 0.527. The second-order valence-electron chi connectivity index (χ2n) is 5.28. The van der Waals surface area contributed by atoms with Crippen molar-refractivity contribution in [1.82, 2.24) is 4.57 Å². The predicted molar refractivity (Wildman–Crippen MR) is 96.3 cm³/mol. The van der Waals surface area contributed by atoms with Crippen molar-refractivity contribution < 1.29 is 18.7 Å². The van der Waals surface area contributed by atoms with Gasteiger partial charge in [0, 0.05) is 5.56 Å². The van der Waals surface area contributed by atoms with Gasteiger partial charge in [0.2, 0.25) is 0 Å². The van der Waals surface area contributed by atoms with E-state index >= 15 is 0 Å². The first kappa shape index (κ1) is 17.6. The van der Waals surface area contributed by atoms with Crippen LogP contribution in [0.25, 0.3) is 10.2 Å². The Balaban J connectivity index is 2.15. The largest absolute Gasteiger partial charge is 0.465 e. The van der Waals surface area contributed by atoms with Gasteiger partial charge in [-0.15, -0.1) is 6.42 Å². The molecule has 0 saturated carbocycles. The Labute approximate surface area is 152 Å². The van der Waals surface area contributed by atoms with Gasteiger partial charge in [0.15, 0.2) is 4.80 Å². The number of ether oxygens (including phenoxy) is 1. The highest BCUT2D eigenvalue weighted by molar-refractivity contribution is 7.16. The van der Waals surface area contributed by atoms with Gasteiger partial charge in [-0.1, -0.05) is 23.3 Å². The number of thiazole rings is 1. The van der Waals surface area contributed by atoms with Crippen LogP contribution in [0.15, 0.2) is 47.5 Å². The molecule has 0 unspecified atom stereocenters. The summed E-state index contributed by atoms with van der Waals surface area (Å²) in [6.45, 7) is 0.201. The number of terminal acetylenes is 1. The molecule has 0 N–H and O–H groups in total. The minimum absolute atomic E-state index is 0.143. The highest BCUT2D eigenvalue weighted by Gasteiger charge is 2.12. The number of hydrogen-bond donors (Lipinski definition) is 0. The van der Waals surface area contributed by atoms with Gasteiger partial charge in [0.25, 0.3) is 5.91 Å². The Morgan fingerprint density at radius 1 is 1.27 bits per heavy atom. The lowest BCUT2D eigenvalue weighted by atomic mass is 10.2. The number of rotatable bonds is 3. The number of esters is 1. The van der Waals surface area contributed by atoms with Crippen LogP contribution in [0.5, 0.6) is 0 Å². The maximum atomic E-state index is 13.3. The van der Waals surface area contributed by atoms with Crippen LogP contribution in [-0.4, -0.2) is 23.6 Å². The van der Waals surface area contributed by atoms with Gasteiger partial charge in [-0.05, 0) is 36.4 Å². The molecule has 0 radical (unpaired) electrons. The summed E-state index contributed by atoms with van der Waals surface area (Å²) in [5.74, 6) is 0.974. The minimum atomic E-state index is -0.574. The summed E-state index contributed by atoms with van der Waals surface area (Å²) in [6.07, 6.45) is 5.42. The molecule has 5 nitrogen and oxygen atoms in total. The Bertz CT molecular complexity index is 1120. The summed E-state index contributed by atoms with van der Waals surface area (Å²) in [6, 6.07) is 10.3. The van der Waals surface area contributed by atoms with E-state index in [2.05, 4.69) is 10.9 Å². The van der Waals surface area contributed by atoms with Crippen molar-refractivity contribution >= 4 is 33.4 Å². The van der Waals surface area contributed by atoms with Gasteiger partial charge in [0.1, 0.15) is 5.82 Å². The number of nitrogens with zero attached hydrogens (tertiary/aromatic N) is 2. The topological polar surface area (TPSA) is 60.7 Å². The standard InChI is InChI=1S/C19H13FN2O3S/c1-3-9-22-15-8-7-13(18(24)25-2)11-16(15)26-19(22)21-17(23)12-5-4-6-14(20)10-12/h1,4-8,10-11H,9H2,2H3. The zero-order valence-electron chi connectivity index (χ0n) is 13.7. The molecule has 0 spiro atoms. The number of amides is 1. The molecule has 7 heteroatoms. The van der Waals surface area contributed by atoms with Crippen molar-refractivity contribution in [2.45, 2.75) is 6.54 Å². The van der Waals surface area contributed by atoms with Gasteiger partial charge < -0.3 is 9.30 Å². The minimum Gasteiger partial charge on any atom is -0.465 e. The molecule has 2 aromatic carbocycles. The van der Waals surface area contributed by atoms with Crippen LogP contribution >= 0.6 is 11.3 Å². The van der Waals surface area contributed by atoms with E-state index < -0.39 is 17.7 Å². The first-order chi connectivity index (χ1) is 12.5. The van der Waals surface area contributed by atoms with Crippen LogP contribution in [0.1, 0.15) is 20.7 Å². The van der Waals surface area contributed by atoms with E-state index in [1.54, 1.807) is 22.8 Å². The monoisotopic (exact) mass is 368 g/mol. The molecular formula is C19H13FN2O3S. The Morgan fingerprint density at radius 3 is 2.77 bits per heavy atom. The third-order valence-electron chi connectivity index (χ3n) is 3.62. The van der Waals surface area contributed by atoms with Crippen LogP contribution in [0, 0.1) is 18.2 Å². The summed E-state index contributed by atoms with van der Waals surface area (Å²) in [5.41, 5.74) is 1.27. The lowest BCUT2D eigenvalue weighted by Crippen LogP contribution is -2.16. The molecule has 1 heterocycles. The number of hydrogen-bond acceptors (Lipinski definition) is 4. The van der Waals surface area contributed by atoms with Crippen molar-refractivity contribution in [3.05, 3.63) is 64.2 Å². The number of aromatic nitrogens is 1. The Hall–Kier alpha value is -3.24. The molecule has 0 aliphatic carbocycles. The van der Waals surface area contributed by atoms with Crippen LogP contribution < -0.4 is 4.80 Å². The molecule has 0 atom stereocenters. The first-order valence-corrected chi connectivity index (χ1v) is 8.35. The maximum Gasteiger partial charge on any atom is 0.337 e. The van der Waals surface area contributed by atoms with E-state index in [9.17, 15) is 14.0 Å². The molecule has 1 aromatic heterocycles. The Morgan fingerprint density at radius 2 is 2.08 bits per heavy atom. The average Bonchev–Trinajstić information content (AvgIpc) is 2.97. The van der Waals surface area contributed by atoms with Gasteiger partial charge in [-0.2, -0.15) is 4.99 Å². The second kappa shape index (κ2) is 7.33. The van der Waals surface area contributed by atoms with E-state index in [-0.39, 0.29) is 12.1 Å². The Kier molecular flexibility index (Phi) is 4.96. The fourth-order valence-corrected chi connectivity index (χ4v) is 3.49. The second-order valence-corrected chi connectivity index (χ2v) is 6.29. The van der Waals surface area contributed by atoms with Crippen molar-refractivity contribution in [1.29, 1.82) is 0 Å². The molecule has 26 heavy (non-hydrogen) atoms. The SMILES string of the molecule is C#CCn1c(=NC(=O)c2cccc(F)c2)sc2cc(C(=O)OC)ccc21. The zero-order valence-corrected chi connectivity index (χ0v) is 14.5. The normalized spacial score (nSPS) is 11.3. The van der Waals surface area contributed by atoms with Crippen LogP contribution in [-0.2, 0) is 11.3 Å². The molecule has 0 fully saturated rings. The van der Waals surface area contributed by atoms with Crippen molar-refractivity contribution in [2.75, 3.05) is 7.11 Å². The van der Waals surface area contributed by atoms with Crippen LogP contribution in [0.2, 0.25) is 0 Å². The van der Waals surface area contributed by atoms with E-state index in [4.69, 9.17) is 11.2 Å². The maximum absolute atomic E-state index is 13.3. The molecule has 130 valence electrons. The highest BCUT2D eigenvalue weighted by Crippen LogP contribution is 2.20. The van der Waals surface area contributed by atoms with Gasteiger partial charge in [-0.25, -0.2) is 9.18 Å². The average molecular weight is 368 g/mol. The van der Waals surface area contributed by atoms with E-state index in [0.717, 1.165) is 16.3 Å². The number of carbonyl (C=O) groups excluding carboxylic acids is 2. The summed E-state index contributed by atoms with van der Waals surface area (Å²) in [4.78, 5) is 28.5. The third kappa shape index (κ3) is 3.41. The molecule has 3 aromatic rings. The van der Waals surface area contributed by atoms with Crippen molar-refractivity contribution in [2.24, 2.45) is 4.99 Å². The molecule has 3 rings (SSSR count). The smallest absolute Gasteiger partial charge is 0.337 e. The van der Waals surface area contributed by atoms with E-state index in [1.807, 2.05) is 0 Å². The number of benzene rings is 2. The summed E-state index contributed by atoms with van der Waals surface area (Å²) in [5, 5.41) is 0. The zero-order chi connectivity index (χ0) is 18.7. The van der Waals surface area contributed by atoms with Gasteiger partial charge in [0.05, 0.1) is 29.4 Å². The first-order valence-electron chi connectivity index (χ1n) is 7.53. The lowest BCUT2D eigenvalue weighted by molar-refractivity contribution is 0.0601. The summed E-state index contributed by atoms with van der Waals surface area (Å²) < 4.78 is 20.5. The fourth-order valence-electron chi connectivity index (χ4n) is 2.42. The molecule has 0 aliphatic heterocycles. The third-order valence-corrected chi connectivity index (χ3v) is 4.66. The van der Waals surface area contributed by atoms with Crippen molar-refractivity contribution in [3.8, 4) is 12.3 Å². The number of methoxy groups -OCH3 is 1. The number of fused-ring (bicyclic) bond motifs is 1. The van der Waals surface area contributed by atoms with Crippen LogP contribution in [0.3, 0.4) is 0 Å². The lowest BCUT2D eigenvalue weighted by Gasteiger charge is -2.01. The van der Waals surface area contributed by atoms with E-state index in [0.29, 0.717) is 10.4 Å². The predicted octanol–water partition coefficient (Wildman–Crippen LogP) is 3.00. The summed E-state index contributed by atoms with van der Waals surface area (Å²) >= 11 is 1.21. The number of carbonyl (C=O) groups is 2. The van der Waals surface area contributed by atoms with Crippen molar-refractivity contribution in [3.63, 3.8) is 0 Å². The van der Waals surface area contributed by atoms with Gasteiger partial charge in [-0.3, -0.25) is 4.79 Å². The molecule has 0 bridgehead atoms. The van der Waals surface area contributed by atoms with Gasteiger partial charge >= 0.3 is 5.97 Å². The summed E-state index contributed by atoms with van der Waals surface area (Å²) in [7, 11) is 1.30. The van der Waals surface area contributed by atoms with Crippen LogP contribution in [0.4, 0.5) is 4.39 Å². The molecule has 0 aliphatic rings. The fraction of sp³-hybridized carbons (Fsp3) is 0.105. The number of halogens is 1. The molecule has 1 amide bonds.